The van der Waals surface area contributed by atoms with Crippen molar-refractivity contribution < 1.29 is 38.4 Å². The average molecular weight is 864 g/mol. The molecule has 2 aromatic carbocycles. The zero-order chi connectivity index (χ0) is 44.6. The van der Waals surface area contributed by atoms with E-state index in [1.165, 1.54) is 19.6 Å². The summed E-state index contributed by atoms with van der Waals surface area (Å²) in [4.78, 5) is 53.0. The summed E-state index contributed by atoms with van der Waals surface area (Å²) in [6, 6.07) is 11.6. The molecule has 1 amide bonds. The maximum atomic E-state index is 15.4. The van der Waals surface area contributed by atoms with E-state index in [-0.39, 0.29) is 37.0 Å². The number of esters is 2. The molecule has 5 aliphatic heterocycles. The van der Waals surface area contributed by atoms with E-state index in [1.54, 1.807) is 7.11 Å². The van der Waals surface area contributed by atoms with Gasteiger partial charge in [-0.3, -0.25) is 19.4 Å². The molecule has 2 fully saturated rings. The molecular formula is C50H65N5O8. The molecule has 6 aliphatic rings. The van der Waals surface area contributed by atoms with Gasteiger partial charge in [-0.25, -0.2) is 4.79 Å². The van der Waals surface area contributed by atoms with E-state index in [0.717, 1.165) is 72.4 Å². The van der Waals surface area contributed by atoms with E-state index in [4.69, 9.17) is 18.9 Å². The normalized spacial score (nSPS) is 33.0. The van der Waals surface area contributed by atoms with Crippen LogP contribution < -0.4 is 15.0 Å². The van der Waals surface area contributed by atoms with E-state index in [9.17, 15) is 14.7 Å². The lowest BCUT2D eigenvalue weighted by atomic mass is 9.47. The van der Waals surface area contributed by atoms with Gasteiger partial charge in [0.15, 0.2) is 0 Å². The first-order valence-electron chi connectivity index (χ1n) is 23.0. The Balaban J connectivity index is 1.32. The number of nitrogens with one attached hydrogen (secondary N) is 2. The highest BCUT2D eigenvalue weighted by Crippen LogP contribution is 2.68. The van der Waals surface area contributed by atoms with Crippen LogP contribution in [0.3, 0.4) is 0 Å². The van der Waals surface area contributed by atoms with Crippen LogP contribution in [-0.4, -0.2) is 129 Å². The number of hydrogen-bond donors (Lipinski definition) is 3. The fourth-order valence-corrected chi connectivity index (χ4v) is 13.5. The summed E-state index contributed by atoms with van der Waals surface area (Å²) in [5.41, 5.74) is 2.03. The fraction of sp³-hybridized carbons (Fsp3) is 0.580. The Morgan fingerprint density at radius 2 is 1.86 bits per heavy atom. The molecular weight excluding hydrogens is 799 g/mol. The molecule has 2 bridgehead atoms. The number of para-hydroxylation sites is 1. The van der Waals surface area contributed by atoms with Crippen molar-refractivity contribution >= 4 is 34.6 Å². The number of fused-ring (bicyclic) bond motifs is 6. The van der Waals surface area contributed by atoms with Gasteiger partial charge in [-0.2, -0.15) is 0 Å². The van der Waals surface area contributed by atoms with Crippen LogP contribution in [0.15, 0.2) is 60.2 Å². The van der Waals surface area contributed by atoms with Gasteiger partial charge in [-0.05, 0) is 73.7 Å². The summed E-state index contributed by atoms with van der Waals surface area (Å²) in [6.07, 6.45) is 8.33. The minimum atomic E-state index is -1.82. The third kappa shape index (κ3) is 6.37. The minimum Gasteiger partial charge on any atom is -0.496 e. The van der Waals surface area contributed by atoms with Crippen LogP contribution in [-0.2, 0) is 41.1 Å². The number of ether oxygens (including phenoxy) is 4. The van der Waals surface area contributed by atoms with Gasteiger partial charge in [0.2, 0.25) is 0 Å². The number of methoxy groups -OCH3 is 2. The molecule has 1 saturated carbocycles. The molecule has 3 aromatic rings. The summed E-state index contributed by atoms with van der Waals surface area (Å²) >= 11 is 0. The van der Waals surface area contributed by atoms with Gasteiger partial charge in [-0.1, -0.05) is 69.7 Å². The number of nitrogens with zero attached hydrogens (tertiary/aromatic N) is 3. The summed E-state index contributed by atoms with van der Waals surface area (Å²) in [5.74, 6) is -0.199. The van der Waals surface area contributed by atoms with Crippen molar-refractivity contribution in [3.8, 4) is 5.75 Å². The molecule has 9 rings (SSSR count). The number of rotatable bonds is 10. The molecule has 6 heterocycles. The minimum absolute atomic E-state index is 0.0284. The quantitative estimate of drug-likeness (QED) is 0.125. The van der Waals surface area contributed by atoms with Crippen molar-refractivity contribution in [3.63, 3.8) is 0 Å². The van der Waals surface area contributed by atoms with E-state index in [2.05, 4.69) is 81.3 Å². The van der Waals surface area contributed by atoms with Crippen LogP contribution in [0.4, 0.5) is 10.5 Å². The zero-order valence-corrected chi connectivity index (χ0v) is 38.2. The molecule has 0 radical (unpaired) electrons. The first-order chi connectivity index (χ1) is 30.2. The van der Waals surface area contributed by atoms with Crippen molar-refractivity contribution in [3.05, 3.63) is 82.6 Å². The van der Waals surface area contributed by atoms with E-state index in [1.807, 2.05) is 33.0 Å². The van der Waals surface area contributed by atoms with Crippen LogP contribution >= 0.6 is 0 Å². The molecule has 1 saturated heterocycles. The van der Waals surface area contributed by atoms with E-state index < -0.39 is 46.1 Å². The van der Waals surface area contributed by atoms with Gasteiger partial charge in [0, 0.05) is 90.9 Å². The van der Waals surface area contributed by atoms with Gasteiger partial charge < -0.3 is 39.3 Å². The Labute approximate surface area is 371 Å². The van der Waals surface area contributed by atoms with Crippen LogP contribution in [0.25, 0.3) is 10.9 Å². The van der Waals surface area contributed by atoms with Crippen molar-refractivity contribution in [1.29, 1.82) is 0 Å². The Morgan fingerprint density at radius 1 is 1.06 bits per heavy atom. The van der Waals surface area contributed by atoms with Crippen molar-refractivity contribution in [1.82, 2.24) is 20.1 Å². The molecule has 1 spiro atoms. The van der Waals surface area contributed by atoms with Crippen molar-refractivity contribution in [2.24, 2.45) is 17.3 Å². The topological polar surface area (TPSA) is 146 Å². The van der Waals surface area contributed by atoms with Crippen molar-refractivity contribution in [2.45, 2.75) is 101 Å². The third-order valence-corrected chi connectivity index (χ3v) is 15.7. The number of aliphatic hydroxyl groups is 1. The molecule has 1 unspecified atom stereocenters. The highest BCUT2D eigenvalue weighted by Gasteiger charge is 2.78. The molecule has 1 aliphatic carbocycles. The Kier molecular flexibility index (Phi) is 11.0. The number of hydrogen-bond acceptors (Lipinski definition) is 11. The maximum Gasteiger partial charge on any atom is 0.407 e. The van der Waals surface area contributed by atoms with Crippen LogP contribution in [0.2, 0.25) is 0 Å². The Bertz CT molecular complexity index is 2370. The lowest BCUT2D eigenvalue weighted by molar-refractivity contribution is -0.217. The monoisotopic (exact) mass is 863 g/mol. The second-order valence-corrected chi connectivity index (χ2v) is 19.5. The number of carbonyl (C=O) groups excluding carboxylic acids is 3. The summed E-state index contributed by atoms with van der Waals surface area (Å²) in [5, 5.41) is 17.8. The average Bonchev–Trinajstić information content (AvgIpc) is 3.94. The first-order valence-corrected chi connectivity index (χ1v) is 23.0. The second kappa shape index (κ2) is 16.0. The number of carbonyl (C=O) groups is 3. The smallest absolute Gasteiger partial charge is 0.407 e. The Hall–Kier alpha value is -4.85. The molecule has 9 atom stereocenters. The molecule has 13 heteroatoms. The van der Waals surface area contributed by atoms with Crippen LogP contribution in [0, 0.1) is 17.3 Å². The number of aromatic nitrogens is 1. The lowest BCUT2D eigenvalue weighted by Crippen LogP contribution is -2.81. The number of alkyl carbamates (subject to hydrolysis) is 1. The number of likely N-dealkylation sites (N-methyl/N-ethyl adjacent to an activating group) is 1. The molecule has 63 heavy (non-hydrogen) atoms. The molecule has 3 N–H and O–H groups in total. The lowest BCUT2D eigenvalue weighted by Gasteiger charge is -2.64. The fourth-order valence-electron chi connectivity index (χ4n) is 13.5. The van der Waals surface area contributed by atoms with Gasteiger partial charge in [0.25, 0.3) is 0 Å². The molecule has 1 aromatic heterocycles. The number of aromatic amines is 1. The summed E-state index contributed by atoms with van der Waals surface area (Å²) in [6.45, 7) is 13.6. The summed E-state index contributed by atoms with van der Waals surface area (Å²) < 4.78 is 24.4. The molecule has 338 valence electrons. The van der Waals surface area contributed by atoms with Gasteiger partial charge >= 0.3 is 18.0 Å². The number of H-pyrrole nitrogens is 1. The highest BCUT2D eigenvalue weighted by molar-refractivity contribution is 5.94. The highest BCUT2D eigenvalue weighted by atomic mass is 16.6. The van der Waals surface area contributed by atoms with Crippen molar-refractivity contribution in [2.75, 3.05) is 72.0 Å². The van der Waals surface area contributed by atoms with E-state index >= 15 is 4.79 Å². The second-order valence-electron chi connectivity index (χ2n) is 19.5. The van der Waals surface area contributed by atoms with Gasteiger partial charge in [0.1, 0.15) is 22.9 Å². The zero-order valence-electron chi connectivity index (χ0n) is 38.2. The number of anilines is 1. The SMILES string of the molecule is CCC1=C[C@@H]2CN(CCc3c([nH]c4ccccc34)[C@@](C(=O)OC)(c3cc4c(cc3OC)N(C)[C@H]3[C@](O)(CNC(=O)OCC(C)C)[C@H](OC(C)=O)[C@]5(CC)C=CCN6CC[C@]43[C@@H]65)C2)C1. The van der Waals surface area contributed by atoms with Crippen LogP contribution in [0.1, 0.15) is 82.7 Å². The van der Waals surface area contributed by atoms with Gasteiger partial charge in [0.05, 0.1) is 33.4 Å². The predicted octanol–water partition coefficient (Wildman–Crippen LogP) is 6.01. The third-order valence-electron chi connectivity index (χ3n) is 15.7. The van der Waals surface area contributed by atoms with Gasteiger partial charge in [-0.15, -0.1) is 0 Å². The van der Waals surface area contributed by atoms with E-state index in [0.29, 0.717) is 37.1 Å². The number of benzene rings is 2. The maximum absolute atomic E-state index is 15.4. The standard InChI is InChI=1S/C50H65N5O8/c1-9-32-22-33-25-49(45(57)61-8,41-35(16-20-54(26-32)27-33)34-14-11-12-15-38(34)52-41)37-23-36-39(24-40(37)60-7)53(6)43-48(36)18-21-55-19-13-17-47(10-2,42(48)55)44(63-31(5)56)50(43,59)29-51-46(58)62-28-30(3)4/h11-15,17,22-24,30,33,42-44,52,59H,9-10,16,18-21,25-29H2,1-8H3,(H,51,58)/t33-,42-,43+,44+,47+,48+,49-,50+/m0/s1. The summed E-state index contributed by atoms with van der Waals surface area (Å²) in [7, 11) is 5.11. The largest absolute Gasteiger partial charge is 0.496 e. The van der Waals surface area contributed by atoms with Crippen LogP contribution in [0.5, 0.6) is 5.75 Å². The predicted molar refractivity (Wildman–Crippen MR) is 241 cm³/mol. The number of amides is 1. The Morgan fingerprint density at radius 3 is 2.57 bits per heavy atom. The molecule has 13 nitrogen and oxygen atoms in total. The first kappa shape index (κ1) is 43.4.